The third kappa shape index (κ3) is 2.47. The first-order valence-electron chi connectivity index (χ1n) is 6.98. The molecule has 3 rings (SSSR count). The van der Waals surface area contributed by atoms with Crippen molar-refractivity contribution in [3.05, 3.63) is 18.3 Å². The maximum Gasteiger partial charge on any atom is 0.326 e. The number of likely N-dealkylation sites (tertiary alicyclic amines) is 1. The number of anilines is 1. The Labute approximate surface area is 126 Å². The number of aromatic nitrogens is 1. The van der Waals surface area contributed by atoms with Crippen molar-refractivity contribution in [3.63, 3.8) is 0 Å². The van der Waals surface area contributed by atoms with E-state index in [1.165, 1.54) is 16.0 Å². The lowest BCUT2D eigenvalue weighted by atomic mass is 10.2. The van der Waals surface area contributed by atoms with Gasteiger partial charge in [0.1, 0.15) is 12.6 Å². The Bertz CT molecular complexity index is 633. The molecule has 1 aromatic heterocycles. The summed E-state index contributed by atoms with van der Waals surface area (Å²) < 4.78 is 5.26. The van der Waals surface area contributed by atoms with Gasteiger partial charge in [0.2, 0.25) is 5.91 Å². The number of pyridine rings is 1. The number of aliphatic carboxylic acids is 1. The van der Waals surface area contributed by atoms with Crippen molar-refractivity contribution in [1.29, 1.82) is 0 Å². The summed E-state index contributed by atoms with van der Waals surface area (Å²) in [5.41, 5.74) is 0. The molecule has 1 aromatic rings. The predicted octanol–water partition coefficient (Wildman–Crippen LogP) is -0.117. The highest BCUT2D eigenvalue weighted by Crippen LogP contribution is 2.29. The van der Waals surface area contributed by atoms with E-state index in [4.69, 9.17) is 9.84 Å². The van der Waals surface area contributed by atoms with E-state index < -0.39 is 17.9 Å². The minimum Gasteiger partial charge on any atom is -0.480 e. The van der Waals surface area contributed by atoms with E-state index >= 15 is 0 Å². The second-order valence-corrected chi connectivity index (χ2v) is 5.18. The van der Waals surface area contributed by atoms with Gasteiger partial charge in [0.25, 0.3) is 5.91 Å². The summed E-state index contributed by atoms with van der Waals surface area (Å²) in [7, 11) is 0. The molecule has 1 saturated heterocycles. The van der Waals surface area contributed by atoms with E-state index in [0.29, 0.717) is 25.1 Å². The van der Waals surface area contributed by atoms with Gasteiger partial charge >= 0.3 is 5.97 Å². The molecule has 0 radical (unpaired) electrons. The van der Waals surface area contributed by atoms with Gasteiger partial charge in [-0.15, -0.1) is 0 Å². The molecule has 0 saturated carbocycles. The Balaban J connectivity index is 1.79. The lowest BCUT2D eigenvalue weighted by Gasteiger charge is -2.30. The zero-order chi connectivity index (χ0) is 15.7. The van der Waals surface area contributed by atoms with Crippen LogP contribution >= 0.6 is 0 Å². The first-order chi connectivity index (χ1) is 10.6. The van der Waals surface area contributed by atoms with Gasteiger partial charge in [0.05, 0.1) is 0 Å². The molecular formula is C14H15N3O5. The van der Waals surface area contributed by atoms with Gasteiger partial charge in [-0.1, -0.05) is 0 Å². The number of hydrogen-bond donors (Lipinski definition) is 1. The number of carboxylic acids is 1. The van der Waals surface area contributed by atoms with Crippen molar-refractivity contribution in [2.45, 2.75) is 18.9 Å². The lowest BCUT2D eigenvalue weighted by molar-refractivity contribution is -0.147. The highest BCUT2D eigenvalue weighted by Gasteiger charge is 2.36. The van der Waals surface area contributed by atoms with Crippen molar-refractivity contribution in [2.24, 2.45) is 0 Å². The molecule has 2 aliphatic rings. The van der Waals surface area contributed by atoms with Gasteiger partial charge in [-0.05, 0) is 25.0 Å². The summed E-state index contributed by atoms with van der Waals surface area (Å²) in [5, 5.41) is 9.14. The third-order valence-corrected chi connectivity index (χ3v) is 3.81. The van der Waals surface area contributed by atoms with Gasteiger partial charge < -0.3 is 14.7 Å². The number of carbonyl (C=O) groups excluding carboxylic acids is 2. The SMILES string of the molecule is O=C(O)C1CCCN1C(=O)CN1C(=O)COc2cccnc21. The first kappa shape index (κ1) is 14.3. The van der Waals surface area contributed by atoms with E-state index in [1.807, 2.05) is 0 Å². The summed E-state index contributed by atoms with van der Waals surface area (Å²) in [6.45, 7) is 0.00766. The number of carbonyl (C=O) groups is 3. The Morgan fingerprint density at radius 1 is 1.45 bits per heavy atom. The van der Waals surface area contributed by atoms with Gasteiger partial charge in [-0.3, -0.25) is 14.5 Å². The van der Waals surface area contributed by atoms with Crippen LogP contribution in [-0.2, 0) is 14.4 Å². The minimum absolute atomic E-state index is 0.158. The Morgan fingerprint density at radius 3 is 3.05 bits per heavy atom. The van der Waals surface area contributed by atoms with Gasteiger partial charge in [0.15, 0.2) is 18.2 Å². The molecule has 22 heavy (non-hydrogen) atoms. The molecule has 1 atom stereocenters. The maximum atomic E-state index is 12.4. The molecule has 1 unspecified atom stereocenters. The van der Waals surface area contributed by atoms with Gasteiger partial charge in [0, 0.05) is 12.7 Å². The smallest absolute Gasteiger partial charge is 0.326 e. The van der Waals surface area contributed by atoms with E-state index in [-0.39, 0.29) is 24.9 Å². The van der Waals surface area contributed by atoms with Crippen LogP contribution in [-0.4, -0.2) is 58.5 Å². The molecule has 3 heterocycles. The van der Waals surface area contributed by atoms with Crippen molar-refractivity contribution in [3.8, 4) is 5.75 Å². The second-order valence-electron chi connectivity index (χ2n) is 5.18. The van der Waals surface area contributed by atoms with Crippen molar-refractivity contribution in [1.82, 2.24) is 9.88 Å². The Morgan fingerprint density at radius 2 is 2.27 bits per heavy atom. The third-order valence-electron chi connectivity index (χ3n) is 3.81. The van der Waals surface area contributed by atoms with Crippen LogP contribution in [0.1, 0.15) is 12.8 Å². The Hall–Kier alpha value is -2.64. The Kier molecular flexibility index (Phi) is 3.66. The predicted molar refractivity (Wildman–Crippen MR) is 74.5 cm³/mol. The maximum absolute atomic E-state index is 12.4. The van der Waals surface area contributed by atoms with Crippen molar-refractivity contribution >= 4 is 23.6 Å². The molecule has 116 valence electrons. The summed E-state index contributed by atoms with van der Waals surface area (Å²) in [6, 6.07) is 2.53. The van der Waals surface area contributed by atoms with Gasteiger partial charge in [-0.25, -0.2) is 9.78 Å². The summed E-state index contributed by atoms with van der Waals surface area (Å²) in [5.74, 6) is -1.05. The molecular weight excluding hydrogens is 290 g/mol. The van der Waals surface area contributed by atoms with Crippen LogP contribution < -0.4 is 9.64 Å². The number of carboxylic acid groups (broad SMARTS) is 1. The van der Waals surface area contributed by atoms with Crippen LogP contribution in [0, 0.1) is 0 Å². The number of amides is 2. The monoisotopic (exact) mass is 305 g/mol. The van der Waals surface area contributed by atoms with E-state index in [2.05, 4.69) is 4.98 Å². The van der Waals surface area contributed by atoms with Crippen LogP contribution in [0.3, 0.4) is 0 Å². The zero-order valence-electron chi connectivity index (χ0n) is 11.8. The lowest BCUT2D eigenvalue weighted by Crippen LogP contribution is -2.49. The quantitative estimate of drug-likeness (QED) is 0.836. The highest BCUT2D eigenvalue weighted by atomic mass is 16.5. The standard InChI is InChI=1S/C14H15N3O5/c18-11(16-6-2-3-9(16)14(20)21)7-17-12(19)8-22-10-4-1-5-15-13(10)17/h1,4-5,9H,2-3,6-8H2,(H,20,21). The average molecular weight is 305 g/mol. The largest absolute Gasteiger partial charge is 0.480 e. The molecule has 0 aliphatic carbocycles. The summed E-state index contributed by atoms with van der Waals surface area (Å²) in [6.07, 6.45) is 2.59. The number of ether oxygens (including phenoxy) is 1. The molecule has 0 aromatic carbocycles. The summed E-state index contributed by atoms with van der Waals surface area (Å²) >= 11 is 0. The second kappa shape index (κ2) is 5.63. The van der Waals surface area contributed by atoms with Gasteiger partial charge in [-0.2, -0.15) is 0 Å². The van der Waals surface area contributed by atoms with Crippen molar-refractivity contribution < 1.29 is 24.2 Å². The molecule has 1 N–H and O–H groups in total. The van der Waals surface area contributed by atoms with Crippen LogP contribution in [0.15, 0.2) is 18.3 Å². The number of nitrogens with zero attached hydrogens (tertiary/aromatic N) is 3. The number of hydrogen-bond acceptors (Lipinski definition) is 5. The molecule has 8 nitrogen and oxygen atoms in total. The fourth-order valence-corrected chi connectivity index (χ4v) is 2.74. The molecule has 2 amide bonds. The molecule has 0 bridgehead atoms. The highest BCUT2D eigenvalue weighted by molar-refractivity contribution is 6.01. The normalized spacial score (nSPS) is 20.5. The molecule has 1 fully saturated rings. The first-order valence-corrected chi connectivity index (χ1v) is 6.98. The van der Waals surface area contributed by atoms with E-state index in [1.54, 1.807) is 12.1 Å². The van der Waals surface area contributed by atoms with Crippen LogP contribution in [0.2, 0.25) is 0 Å². The fraction of sp³-hybridized carbons (Fsp3) is 0.429. The van der Waals surface area contributed by atoms with Crippen LogP contribution in [0.25, 0.3) is 0 Å². The molecule has 8 heteroatoms. The van der Waals surface area contributed by atoms with E-state index in [9.17, 15) is 14.4 Å². The fourth-order valence-electron chi connectivity index (χ4n) is 2.74. The van der Waals surface area contributed by atoms with E-state index in [0.717, 1.165) is 0 Å². The molecule has 2 aliphatic heterocycles. The average Bonchev–Trinajstić information content (AvgIpc) is 3.00. The topological polar surface area (TPSA) is 100 Å². The minimum atomic E-state index is -1.02. The number of fused-ring (bicyclic) bond motifs is 1. The van der Waals surface area contributed by atoms with Crippen molar-refractivity contribution in [2.75, 3.05) is 24.6 Å². The number of rotatable bonds is 3. The zero-order valence-corrected chi connectivity index (χ0v) is 11.8. The molecule has 0 spiro atoms. The van der Waals surface area contributed by atoms with Crippen LogP contribution in [0.4, 0.5) is 5.82 Å². The summed E-state index contributed by atoms with van der Waals surface area (Å²) in [4.78, 5) is 42.2. The van der Waals surface area contributed by atoms with Crippen LogP contribution in [0.5, 0.6) is 5.75 Å².